The number of hydrogen-bond donors (Lipinski definition) is 2. The van der Waals surface area contributed by atoms with E-state index in [2.05, 4.69) is 17.3 Å². The topological polar surface area (TPSA) is 90.0 Å². The van der Waals surface area contributed by atoms with Crippen LogP contribution in [0.5, 0.6) is 0 Å². The first-order valence-electron chi connectivity index (χ1n) is 9.87. The Balaban J connectivity index is 1.63. The van der Waals surface area contributed by atoms with E-state index in [9.17, 15) is 9.59 Å². The maximum absolute atomic E-state index is 13.1. The zero-order valence-corrected chi connectivity index (χ0v) is 18.4. The number of anilines is 1. The monoisotopic (exact) mass is 442 g/mol. The van der Waals surface area contributed by atoms with Gasteiger partial charge in [-0.1, -0.05) is 48.9 Å². The molecule has 8 heteroatoms. The number of amides is 2. The molecule has 3 aromatic rings. The van der Waals surface area contributed by atoms with Crippen LogP contribution in [0.15, 0.2) is 30.3 Å². The second-order valence-electron chi connectivity index (χ2n) is 7.77. The van der Waals surface area contributed by atoms with Gasteiger partial charge >= 0.3 is 0 Å². The van der Waals surface area contributed by atoms with Gasteiger partial charge in [-0.3, -0.25) is 9.59 Å². The van der Waals surface area contributed by atoms with Crippen molar-refractivity contribution in [1.29, 1.82) is 0 Å². The molecule has 30 heavy (non-hydrogen) atoms. The Labute approximate surface area is 184 Å². The lowest BCUT2D eigenvalue weighted by molar-refractivity contribution is 0.1000. The van der Waals surface area contributed by atoms with Gasteiger partial charge in [0.2, 0.25) is 0 Å². The molecule has 0 saturated heterocycles. The highest BCUT2D eigenvalue weighted by atomic mass is 35.5. The van der Waals surface area contributed by atoms with Crippen LogP contribution in [0.25, 0.3) is 0 Å². The van der Waals surface area contributed by atoms with Crippen LogP contribution in [0, 0.1) is 12.8 Å². The summed E-state index contributed by atoms with van der Waals surface area (Å²) in [4.78, 5) is 26.3. The van der Waals surface area contributed by atoms with Gasteiger partial charge in [0.1, 0.15) is 10.2 Å². The number of fused-ring (bicyclic) bond motifs is 1. The molecule has 2 aromatic heterocycles. The van der Waals surface area contributed by atoms with Crippen molar-refractivity contribution in [2.24, 2.45) is 11.7 Å². The highest BCUT2D eigenvalue weighted by Gasteiger charge is 2.29. The standard InChI is InChI=1S/C22H23ClN4O2S/c1-12-8-9-15-16(10-12)30-22(18(15)20(24)28)25-21(29)17-13(2)26-27(19(17)23)11-14-6-4-3-5-7-14/h3-7,12H,8-11H2,1-2H3,(H2,24,28)(H,25,29). The molecule has 6 nitrogen and oxygen atoms in total. The van der Waals surface area contributed by atoms with Crippen LogP contribution in [-0.4, -0.2) is 21.6 Å². The SMILES string of the molecule is Cc1nn(Cc2ccccc2)c(Cl)c1C(=O)Nc1sc2c(c1C(N)=O)CCC(C)C2. The summed E-state index contributed by atoms with van der Waals surface area (Å²) in [6.07, 6.45) is 2.70. The van der Waals surface area contributed by atoms with Crippen molar-refractivity contribution in [1.82, 2.24) is 9.78 Å². The van der Waals surface area contributed by atoms with E-state index in [0.29, 0.717) is 34.3 Å². The quantitative estimate of drug-likeness (QED) is 0.612. The maximum atomic E-state index is 13.1. The first-order chi connectivity index (χ1) is 14.3. The van der Waals surface area contributed by atoms with Crippen molar-refractivity contribution in [2.75, 3.05) is 5.32 Å². The van der Waals surface area contributed by atoms with Crippen LogP contribution in [0.2, 0.25) is 5.15 Å². The van der Waals surface area contributed by atoms with Crippen molar-refractivity contribution in [3.8, 4) is 0 Å². The summed E-state index contributed by atoms with van der Waals surface area (Å²) in [6, 6.07) is 9.78. The molecule has 1 aliphatic carbocycles. The van der Waals surface area contributed by atoms with Gasteiger partial charge in [-0.25, -0.2) is 4.68 Å². The summed E-state index contributed by atoms with van der Waals surface area (Å²) >= 11 is 7.95. The molecule has 0 saturated carbocycles. The van der Waals surface area contributed by atoms with Gasteiger partial charge in [0.05, 0.1) is 23.4 Å². The second-order valence-corrected chi connectivity index (χ2v) is 9.23. The molecule has 1 atom stereocenters. The molecule has 1 aliphatic rings. The van der Waals surface area contributed by atoms with Gasteiger partial charge in [0, 0.05) is 4.88 Å². The molecule has 2 amide bonds. The van der Waals surface area contributed by atoms with Gasteiger partial charge in [-0.05, 0) is 43.2 Å². The molecular weight excluding hydrogens is 420 g/mol. The summed E-state index contributed by atoms with van der Waals surface area (Å²) in [6.45, 7) is 4.40. The lowest BCUT2D eigenvalue weighted by Crippen LogP contribution is -2.19. The van der Waals surface area contributed by atoms with Crippen molar-refractivity contribution in [2.45, 2.75) is 39.7 Å². The minimum absolute atomic E-state index is 0.268. The molecule has 156 valence electrons. The molecule has 3 N–H and O–H groups in total. The largest absolute Gasteiger partial charge is 0.365 e. The number of benzene rings is 1. The fraction of sp³-hybridized carbons (Fsp3) is 0.318. The number of rotatable bonds is 5. The van der Waals surface area contributed by atoms with Gasteiger partial charge in [-0.2, -0.15) is 5.10 Å². The van der Waals surface area contributed by atoms with Crippen LogP contribution in [0.4, 0.5) is 5.00 Å². The number of carbonyl (C=O) groups excluding carboxylic acids is 2. The van der Waals surface area contributed by atoms with Crippen molar-refractivity contribution in [3.63, 3.8) is 0 Å². The third-order valence-corrected chi connectivity index (χ3v) is 7.01. The summed E-state index contributed by atoms with van der Waals surface area (Å²) < 4.78 is 1.61. The fourth-order valence-electron chi connectivity index (χ4n) is 3.94. The Hall–Kier alpha value is -2.64. The molecule has 0 radical (unpaired) electrons. The molecule has 0 fully saturated rings. The van der Waals surface area contributed by atoms with Gasteiger partial charge in [-0.15, -0.1) is 11.3 Å². The number of nitrogens with zero attached hydrogens (tertiary/aromatic N) is 2. The van der Waals surface area contributed by atoms with Crippen LogP contribution in [0.3, 0.4) is 0 Å². The summed E-state index contributed by atoms with van der Waals surface area (Å²) in [5.41, 5.74) is 8.93. The van der Waals surface area contributed by atoms with Crippen molar-refractivity contribution in [3.05, 3.63) is 68.3 Å². The van der Waals surface area contributed by atoms with Crippen molar-refractivity contribution >= 4 is 39.8 Å². The van der Waals surface area contributed by atoms with Crippen LogP contribution < -0.4 is 11.1 Å². The zero-order valence-electron chi connectivity index (χ0n) is 16.9. The fourth-order valence-corrected chi connectivity index (χ4v) is 5.67. The Morgan fingerprint density at radius 1 is 1.30 bits per heavy atom. The molecule has 2 heterocycles. The zero-order chi connectivity index (χ0) is 21.4. The first kappa shape index (κ1) is 20.6. The van der Waals surface area contributed by atoms with E-state index in [0.717, 1.165) is 35.3 Å². The molecule has 0 bridgehead atoms. The molecule has 1 unspecified atom stereocenters. The third-order valence-electron chi connectivity index (χ3n) is 5.45. The van der Waals surface area contributed by atoms with E-state index in [4.69, 9.17) is 17.3 Å². The summed E-state index contributed by atoms with van der Waals surface area (Å²) in [5.74, 6) is -0.348. The van der Waals surface area contributed by atoms with Crippen molar-refractivity contribution < 1.29 is 9.59 Å². The number of aromatic nitrogens is 2. The lowest BCUT2D eigenvalue weighted by atomic mass is 9.88. The number of aryl methyl sites for hydroxylation is 1. The van der Waals surface area contributed by atoms with Crippen LogP contribution in [0.1, 0.15) is 55.8 Å². The predicted molar refractivity (Wildman–Crippen MR) is 119 cm³/mol. The number of hydrogen-bond acceptors (Lipinski definition) is 4. The van der Waals surface area contributed by atoms with E-state index in [1.165, 1.54) is 11.3 Å². The number of halogens is 1. The summed E-state index contributed by atoms with van der Waals surface area (Å²) in [7, 11) is 0. The number of nitrogens with one attached hydrogen (secondary N) is 1. The smallest absolute Gasteiger partial charge is 0.261 e. The minimum Gasteiger partial charge on any atom is -0.365 e. The van der Waals surface area contributed by atoms with E-state index in [1.54, 1.807) is 11.6 Å². The predicted octanol–water partition coefficient (Wildman–Crippen LogP) is 4.43. The van der Waals surface area contributed by atoms with E-state index < -0.39 is 5.91 Å². The number of carbonyl (C=O) groups is 2. The number of thiophene rings is 1. The second kappa shape index (κ2) is 8.24. The minimum atomic E-state index is -0.514. The lowest BCUT2D eigenvalue weighted by Gasteiger charge is -2.18. The van der Waals surface area contributed by atoms with E-state index in [-0.39, 0.29) is 11.1 Å². The highest BCUT2D eigenvalue weighted by Crippen LogP contribution is 2.39. The molecule has 1 aromatic carbocycles. The van der Waals surface area contributed by atoms with E-state index in [1.807, 2.05) is 30.3 Å². The maximum Gasteiger partial charge on any atom is 0.261 e. The van der Waals surface area contributed by atoms with Gasteiger partial charge in [0.15, 0.2) is 0 Å². The average molecular weight is 443 g/mol. The molecular formula is C22H23ClN4O2S. The van der Waals surface area contributed by atoms with Gasteiger partial charge < -0.3 is 11.1 Å². The number of primary amides is 1. The number of nitrogens with two attached hydrogens (primary N) is 1. The average Bonchev–Trinajstić information content (AvgIpc) is 3.18. The van der Waals surface area contributed by atoms with Crippen LogP contribution in [-0.2, 0) is 19.4 Å². The Bertz CT molecular complexity index is 1120. The molecule has 4 rings (SSSR count). The highest BCUT2D eigenvalue weighted by molar-refractivity contribution is 7.17. The summed E-state index contributed by atoms with van der Waals surface area (Å²) in [5, 5.41) is 8.08. The third kappa shape index (κ3) is 3.87. The Morgan fingerprint density at radius 3 is 2.73 bits per heavy atom. The normalized spacial score (nSPS) is 15.6. The molecule has 0 aliphatic heterocycles. The van der Waals surface area contributed by atoms with E-state index >= 15 is 0 Å². The molecule has 0 spiro atoms. The van der Waals surface area contributed by atoms with Crippen LogP contribution >= 0.6 is 22.9 Å². The Morgan fingerprint density at radius 2 is 2.03 bits per heavy atom. The first-order valence-corrected chi connectivity index (χ1v) is 11.1. The Kier molecular flexibility index (Phi) is 5.66. The van der Waals surface area contributed by atoms with Gasteiger partial charge in [0.25, 0.3) is 11.8 Å².